The Labute approximate surface area is 764 Å². The predicted molar refractivity (Wildman–Crippen MR) is 519 cm³/mol. The van der Waals surface area contributed by atoms with Gasteiger partial charge in [0, 0.05) is 123 Å². The van der Waals surface area contributed by atoms with E-state index in [-0.39, 0.29) is 83.4 Å². The fraction of sp³-hybridized carbons (Fsp3) is 0.279. The van der Waals surface area contributed by atoms with Crippen LogP contribution in [0, 0.1) is 5.92 Å². The van der Waals surface area contributed by atoms with Gasteiger partial charge in [-0.3, -0.25) is 28.8 Å². The summed E-state index contributed by atoms with van der Waals surface area (Å²) in [6.45, 7) is 5.04. The van der Waals surface area contributed by atoms with E-state index in [1.807, 2.05) is 161 Å². The zero-order valence-corrected chi connectivity index (χ0v) is 74.2. The van der Waals surface area contributed by atoms with E-state index >= 15 is 0 Å². The summed E-state index contributed by atoms with van der Waals surface area (Å²) in [5, 5.41) is 23.6. The molecule has 6 N–H and O–H groups in total. The van der Waals surface area contributed by atoms with Crippen molar-refractivity contribution in [2.24, 2.45) is 5.92 Å². The summed E-state index contributed by atoms with van der Waals surface area (Å²) in [6, 6.07) is 110. The van der Waals surface area contributed by atoms with Crippen LogP contribution < -0.4 is 31.9 Å². The van der Waals surface area contributed by atoms with E-state index in [0.29, 0.717) is 93.3 Å². The number of hydrogen-bond donors (Lipinski definition) is 6. The summed E-state index contributed by atoms with van der Waals surface area (Å²) in [5.41, 5.74) is 11.9. The molecule has 1 aliphatic carbocycles. The summed E-state index contributed by atoms with van der Waals surface area (Å²) >= 11 is 11.9. The van der Waals surface area contributed by atoms with Gasteiger partial charge in [0.2, 0.25) is 29.5 Å². The van der Waals surface area contributed by atoms with Gasteiger partial charge in [-0.2, -0.15) is 0 Å². The van der Waals surface area contributed by atoms with Crippen molar-refractivity contribution in [1.82, 2.24) is 46.6 Å². The molecule has 656 valence electrons. The second-order valence-corrected chi connectivity index (χ2v) is 35.0. The Kier molecular flexibility index (Phi) is 34.5. The normalized spacial score (nSPS) is 18.2. The lowest BCUT2D eigenvalue weighted by molar-refractivity contribution is -0.133. The Balaban J connectivity index is 0.000000155. The van der Waals surface area contributed by atoms with Gasteiger partial charge in [-0.15, -0.1) is 0 Å². The van der Waals surface area contributed by atoms with Crippen molar-refractivity contribution in [3.63, 3.8) is 0 Å². The highest BCUT2D eigenvalue weighted by molar-refractivity contribution is 6.31. The third kappa shape index (κ3) is 27.6. The minimum atomic E-state index is -0.395. The Morgan fingerprint density at radius 2 is 0.664 bits per heavy atom. The van der Waals surface area contributed by atoms with E-state index in [1.165, 1.54) is 71.6 Å². The van der Waals surface area contributed by atoms with Crippen LogP contribution in [-0.2, 0) is 36.8 Å². The van der Waals surface area contributed by atoms with Crippen molar-refractivity contribution in [3.05, 3.63) is 417 Å². The summed E-state index contributed by atoms with van der Waals surface area (Å²) in [6.07, 6.45) is 18.5. The van der Waals surface area contributed by atoms with Crippen LogP contribution in [0.5, 0.6) is 0 Å². The number of nitrogens with one attached hydrogen (secondary N) is 6. The van der Waals surface area contributed by atoms with E-state index < -0.39 is 6.04 Å². The molecule has 4 aliphatic rings. The molecule has 6 atom stereocenters. The molecule has 15 nitrogen and oxygen atoms in total. The second-order valence-electron chi connectivity index (χ2n) is 34.1. The van der Waals surface area contributed by atoms with Gasteiger partial charge in [0.05, 0.1) is 18.1 Å². The number of carbonyl (C=O) groups excluding carboxylic acids is 6. The van der Waals surface area contributed by atoms with Gasteiger partial charge in [-0.25, -0.2) is 0 Å². The van der Waals surface area contributed by atoms with Crippen molar-refractivity contribution < 1.29 is 28.8 Å². The van der Waals surface area contributed by atoms with Crippen LogP contribution >= 0.6 is 23.2 Å². The molecule has 3 saturated heterocycles. The van der Waals surface area contributed by atoms with Crippen LogP contribution in [0.25, 0.3) is 22.9 Å². The van der Waals surface area contributed by atoms with Crippen LogP contribution in [0.2, 0.25) is 10.0 Å². The lowest BCUT2D eigenvalue weighted by atomic mass is 9.85. The fourth-order valence-corrected chi connectivity index (χ4v) is 18.3. The molecule has 128 heavy (non-hydrogen) atoms. The Morgan fingerprint density at radius 3 is 1.03 bits per heavy atom. The molecular formula is C111H117Cl2N9O6. The van der Waals surface area contributed by atoms with E-state index in [4.69, 9.17) is 23.2 Å². The molecule has 0 unspecified atom stereocenters. The maximum Gasteiger partial charge on any atom is 0.251 e. The molecule has 6 amide bonds. The fourth-order valence-electron chi connectivity index (χ4n) is 18.0. The SMILES string of the molecule is O=C(/C=C/c1ccc(Cl)cc1)NC[C@@H]1CCN(CC(c2ccccc2)c2ccccc2)C(=O)[C@H](CCC2CCCCC2)N1.O=C(/C=C/c1ccc(Cl)cc1)NC[C@@H]1CCN(CC(c2ccccc2)c2ccccc2)C(=O)[C@H](Cc2ccccc2)N1.O=C(NC[C@@H]1CCN(CC(c2ccccc2)c2ccccc2)C(=O)[C@H](Cc2ccccc2)N1)c1ccc2ccccc2c1. The van der Waals surface area contributed by atoms with Gasteiger partial charge >= 0.3 is 0 Å². The lowest BCUT2D eigenvalue weighted by Crippen LogP contribution is -2.50. The molecule has 4 fully saturated rings. The van der Waals surface area contributed by atoms with Crippen LogP contribution in [0.1, 0.15) is 148 Å². The molecule has 1 saturated carbocycles. The van der Waals surface area contributed by atoms with Gasteiger partial charge in [-0.05, 0) is 166 Å². The molecule has 0 bridgehead atoms. The first-order chi connectivity index (χ1) is 62.7. The topological polar surface area (TPSA) is 184 Å². The van der Waals surface area contributed by atoms with Gasteiger partial charge in [-0.1, -0.05) is 353 Å². The van der Waals surface area contributed by atoms with Gasteiger partial charge in [0.25, 0.3) is 5.91 Å². The number of benzene rings is 12. The Bertz CT molecular complexity index is 5410. The molecule has 16 rings (SSSR count). The summed E-state index contributed by atoms with van der Waals surface area (Å²) < 4.78 is 0. The van der Waals surface area contributed by atoms with Crippen molar-refractivity contribution in [1.29, 1.82) is 0 Å². The van der Waals surface area contributed by atoms with Crippen molar-refractivity contribution >= 4 is 81.6 Å². The number of fused-ring (bicyclic) bond motifs is 1. The highest BCUT2D eigenvalue weighted by atomic mass is 35.5. The molecule has 17 heteroatoms. The summed E-state index contributed by atoms with van der Waals surface area (Å²) in [4.78, 5) is 87.0. The minimum Gasteiger partial charge on any atom is -0.351 e. The Hall–Kier alpha value is -12.3. The molecule has 0 aromatic heterocycles. The lowest BCUT2D eigenvalue weighted by Gasteiger charge is -2.30. The standard InChI is InChI=1S/C38H37N3O2.C37H44ClN3O2.C36H36ClN3O2/c42-37(33-21-20-29-14-10-11-19-32(29)25-33)39-26-34-22-23-41(38(43)36(40-34)24-28-12-4-1-5-13-28)27-35(30-15-6-2-7-16-30)31-17-8-3-9-18-31;38-32-20-16-29(17-21-32)19-23-36(42)39-26-33-24-25-41(37(43)35(40-33)22-18-28-10-4-1-5-11-28)27-34(30-12-6-2-7-13-30)31-14-8-3-9-15-31;37-31-19-16-27(17-20-31)18-21-35(41)38-25-32-22-23-40(36(42)34(39-32)24-28-10-4-1-5-11-28)26-33(29-12-6-2-7-13-29)30-14-8-3-9-15-30/h1-21,25,34-36,40H,22-24,26-27H2,(H,39,42);2-3,6-9,12-17,19-21,23,28,33-35,40H,1,4-5,10-11,18,22,24-27H2,(H,39,42);1-21,32-34,39H,22-26H2,(H,38,41)/b;23-19+;21-18+/t34-,36-;33-,35-;32-,34-/m000/s1. The van der Waals surface area contributed by atoms with E-state index in [2.05, 4.69) is 207 Å². The number of rotatable bonds is 30. The average molecular weight is 1740 g/mol. The van der Waals surface area contributed by atoms with Crippen molar-refractivity contribution in [2.45, 2.75) is 131 Å². The maximum atomic E-state index is 14.2. The van der Waals surface area contributed by atoms with Gasteiger partial charge < -0.3 is 46.6 Å². The number of hydrogen-bond acceptors (Lipinski definition) is 9. The highest BCUT2D eigenvalue weighted by Crippen LogP contribution is 2.34. The van der Waals surface area contributed by atoms with E-state index in [0.717, 1.165) is 65.1 Å². The molecule has 12 aromatic carbocycles. The third-order valence-electron chi connectivity index (χ3n) is 25.1. The van der Waals surface area contributed by atoms with Crippen LogP contribution in [0.4, 0.5) is 0 Å². The zero-order valence-electron chi connectivity index (χ0n) is 72.7. The van der Waals surface area contributed by atoms with Crippen LogP contribution in [0.15, 0.2) is 346 Å². The van der Waals surface area contributed by atoms with Gasteiger partial charge in [0.15, 0.2) is 0 Å². The smallest absolute Gasteiger partial charge is 0.251 e. The second kappa shape index (κ2) is 48.0. The number of carbonyl (C=O) groups is 6. The first kappa shape index (κ1) is 91.9. The first-order valence-electron chi connectivity index (χ1n) is 45.5. The van der Waals surface area contributed by atoms with Crippen molar-refractivity contribution in [2.75, 3.05) is 58.9 Å². The molecule has 0 spiro atoms. The first-order valence-corrected chi connectivity index (χ1v) is 46.2. The number of halogens is 2. The third-order valence-corrected chi connectivity index (χ3v) is 25.6. The summed E-state index contributed by atoms with van der Waals surface area (Å²) in [7, 11) is 0. The monoisotopic (exact) mass is 1740 g/mol. The number of amides is 6. The molecule has 3 aliphatic heterocycles. The minimum absolute atomic E-state index is 0.0186. The number of nitrogens with zero attached hydrogens (tertiary/aromatic N) is 3. The molecule has 0 radical (unpaired) electrons. The quantitative estimate of drug-likeness (QED) is 0.0239. The van der Waals surface area contributed by atoms with Crippen LogP contribution in [0.3, 0.4) is 0 Å². The Morgan fingerprint density at radius 1 is 0.344 bits per heavy atom. The highest BCUT2D eigenvalue weighted by Gasteiger charge is 2.37. The predicted octanol–water partition coefficient (Wildman–Crippen LogP) is 19.5. The maximum absolute atomic E-state index is 14.2. The van der Waals surface area contributed by atoms with E-state index in [9.17, 15) is 28.8 Å². The largest absolute Gasteiger partial charge is 0.351 e. The summed E-state index contributed by atoms with van der Waals surface area (Å²) in [5.74, 6) is 0.879. The zero-order chi connectivity index (χ0) is 88.4. The van der Waals surface area contributed by atoms with Gasteiger partial charge in [0.1, 0.15) is 0 Å². The average Bonchev–Trinajstić information content (AvgIpc) is 1.23. The van der Waals surface area contributed by atoms with E-state index in [1.54, 1.807) is 30.4 Å². The molecule has 3 heterocycles. The van der Waals surface area contributed by atoms with Crippen LogP contribution in [-0.4, -0.2) is 145 Å². The molecule has 12 aromatic rings. The van der Waals surface area contributed by atoms with Crippen molar-refractivity contribution in [3.8, 4) is 0 Å². The molecular weight excluding hydrogens is 1630 g/mol.